The van der Waals surface area contributed by atoms with Crippen LogP contribution in [0.4, 0.5) is 13.2 Å². The summed E-state index contributed by atoms with van der Waals surface area (Å²) in [4.78, 5) is 43.1. The average molecular weight is 551 g/mol. The molecule has 2 atom stereocenters. The molecule has 208 valence electrons. The number of nitrogens with zero attached hydrogens (tertiary/aromatic N) is 5. The van der Waals surface area contributed by atoms with Crippen molar-refractivity contribution >= 4 is 17.8 Å². The number of fused-ring (bicyclic) bond motifs is 1. The van der Waals surface area contributed by atoms with E-state index in [2.05, 4.69) is 15.0 Å². The number of hydrogen-bond acceptors (Lipinski definition) is 6. The molecule has 3 aromatic rings. The number of rotatable bonds is 6. The summed E-state index contributed by atoms with van der Waals surface area (Å²) in [5.41, 5.74) is 5.61. The molecule has 40 heavy (non-hydrogen) atoms. The SMILES string of the molecule is CC(C)C[C@]1(c2ccccc2)N=C(N)N([C@H](C)c2ccc(C(F)(F)F)c(C(=O)N3Cc4nccnc4C3)c2)C1=O. The molecule has 3 heterocycles. The fraction of sp³-hybridized carbons (Fsp3) is 0.345. The molecule has 2 amide bonds. The highest BCUT2D eigenvalue weighted by Crippen LogP contribution is 2.42. The largest absolute Gasteiger partial charge is 0.417 e. The highest BCUT2D eigenvalue weighted by molar-refractivity contribution is 6.07. The van der Waals surface area contributed by atoms with Crippen LogP contribution >= 0.6 is 0 Å². The molecule has 1 aromatic heterocycles. The smallest absolute Gasteiger partial charge is 0.369 e. The fourth-order valence-electron chi connectivity index (χ4n) is 5.50. The van der Waals surface area contributed by atoms with Gasteiger partial charge in [-0.1, -0.05) is 50.2 Å². The average Bonchev–Trinajstić information content (AvgIpc) is 3.46. The van der Waals surface area contributed by atoms with Gasteiger partial charge in [0, 0.05) is 12.4 Å². The quantitative estimate of drug-likeness (QED) is 0.474. The first-order valence-corrected chi connectivity index (χ1v) is 13.0. The summed E-state index contributed by atoms with van der Waals surface area (Å²) in [6, 6.07) is 11.7. The predicted octanol–water partition coefficient (Wildman–Crippen LogP) is 4.81. The van der Waals surface area contributed by atoms with Gasteiger partial charge in [0.15, 0.2) is 11.5 Å². The topological polar surface area (TPSA) is 105 Å². The molecular formula is C29H29F3N6O2. The van der Waals surface area contributed by atoms with Crippen LogP contribution in [0.3, 0.4) is 0 Å². The molecule has 0 aliphatic carbocycles. The molecule has 0 radical (unpaired) electrons. The van der Waals surface area contributed by atoms with Crippen molar-refractivity contribution in [1.82, 2.24) is 19.8 Å². The second-order valence-corrected chi connectivity index (χ2v) is 10.6. The lowest BCUT2D eigenvalue weighted by Gasteiger charge is -2.31. The maximum atomic E-state index is 14.0. The van der Waals surface area contributed by atoms with Crippen LogP contribution in [0.2, 0.25) is 0 Å². The zero-order chi connectivity index (χ0) is 28.8. The Morgan fingerprint density at radius 3 is 2.23 bits per heavy atom. The number of benzene rings is 2. The summed E-state index contributed by atoms with van der Waals surface area (Å²) < 4.78 is 42.1. The molecule has 2 aliphatic rings. The molecule has 0 spiro atoms. The van der Waals surface area contributed by atoms with Crippen molar-refractivity contribution < 1.29 is 22.8 Å². The van der Waals surface area contributed by atoms with E-state index in [-0.39, 0.29) is 30.9 Å². The van der Waals surface area contributed by atoms with Gasteiger partial charge in [0.05, 0.1) is 41.6 Å². The molecule has 0 bridgehead atoms. The number of nitrogens with two attached hydrogens (primary N) is 1. The molecular weight excluding hydrogens is 521 g/mol. The number of aliphatic imine (C=N–C) groups is 1. The molecule has 0 fully saturated rings. The number of aromatic nitrogens is 2. The number of carbonyl (C=O) groups excluding carboxylic acids is 2. The molecule has 0 saturated carbocycles. The van der Waals surface area contributed by atoms with E-state index in [4.69, 9.17) is 5.73 Å². The van der Waals surface area contributed by atoms with Crippen LogP contribution in [0.25, 0.3) is 0 Å². The first-order valence-electron chi connectivity index (χ1n) is 13.0. The van der Waals surface area contributed by atoms with Gasteiger partial charge >= 0.3 is 6.18 Å². The lowest BCUT2D eigenvalue weighted by Crippen LogP contribution is -2.44. The third kappa shape index (κ3) is 4.69. The number of halogens is 3. The molecule has 5 rings (SSSR count). The number of hydrogen-bond donors (Lipinski definition) is 1. The van der Waals surface area contributed by atoms with E-state index in [9.17, 15) is 22.8 Å². The zero-order valence-electron chi connectivity index (χ0n) is 22.3. The molecule has 8 nitrogen and oxygen atoms in total. The van der Waals surface area contributed by atoms with Gasteiger partial charge in [-0.3, -0.25) is 24.5 Å². The second kappa shape index (κ2) is 10.0. The Morgan fingerprint density at radius 2 is 1.65 bits per heavy atom. The minimum absolute atomic E-state index is 0.0260. The van der Waals surface area contributed by atoms with E-state index in [0.717, 1.165) is 6.07 Å². The number of amides is 2. The monoisotopic (exact) mass is 550 g/mol. The summed E-state index contributed by atoms with van der Waals surface area (Å²) in [6.07, 6.45) is -1.41. The van der Waals surface area contributed by atoms with Gasteiger partial charge in [-0.2, -0.15) is 13.2 Å². The minimum atomic E-state index is -4.76. The molecule has 2 aromatic carbocycles. The Labute approximate surface area is 229 Å². The van der Waals surface area contributed by atoms with Crippen LogP contribution in [0, 0.1) is 5.92 Å². The van der Waals surface area contributed by atoms with Gasteiger partial charge in [0.1, 0.15) is 0 Å². The Balaban J connectivity index is 1.51. The van der Waals surface area contributed by atoms with Crippen LogP contribution in [0.5, 0.6) is 0 Å². The molecule has 2 N–H and O–H groups in total. The Bertz CT molecular complexity index is 1470. The lowest BCUT2D eigenvalue weighted by molar-refractivity contribution is -0.138. The molecule has 0 saturated heterocycles. The standard InChI is InChI=1S/C29H29F3N6O2/c1-17(2)14-28(20-7-5-4-6-8-20)26(40)38(27(33)36-28)18(3)19-9-10-22(29(30,31)32)21(13-19)25(39)37-15-23-24(16-37)35-12-11-34-23/h4-13,17-18H,14-16H2,1-3H3,(H2,33,36)/t18-,28-/m1/s1. The van der Waals surface area contributed by atoms with Gasteiger partial charge < -0.3 is 10.6 Å². The highest BCUT2D eigenvalue weighted by Gasteiger charge is 2.51. The summed E-state index contributed by atoms with van der Waals surface area (Å²) in [5, 5.41) is 0. The first kappa shape index (κ1) is 27.3. The maximum Gasteiger partial charge on any atom is 0.417 e. The van der Waals surface area contributed by atoms with Gasteiger partial charge in [0.25, 0.3) is 11.8 Å². The van der Waals surface area contributed by atoms with E-state index >= 15 is 0 Å². The fourth-order valence-corrected chi connectivity index (χ4v) is 5.50. The summed E-state index contributed by atoms with van der Waals surface area (Å²) >= 11 is 0. The van der Waals surface area contributed by atoms with Crippen LogP contribution < -0.4 is 5.73 Å². The van der Waals surface area contributed by atoms with Gasteiger partial charge in [-0.15, -0.1) is 0 Å². The van der Waals surface area contributed by atoms with Crippen molar-refractivity contribution in [2.24, 2.45) is 16.6 Å². The summed E-state index contributed by atoms with van der Waals surface area (Å²) in [5.74, 6) is -1.09. The van der Waals surface area contributed by atoms with Crippen LogP contribution in [-0.4, -0.2) is 37.5 Å². The normalized spacial score (nSPS) is 19.7. The lowest BCUT2D eigenvalue weighted by atomic mass is 9.82. The zero-order valence-corrected chi connectivity index (χ0v) is 22.3. The minimum Gasteiger partial charge on any atom is -0.369 e. The summed E-state index contributed by atoms with van der Waals surface area (Å²) in [6.45, 7) is 5.72. The third-order valence-electron chi connectivity index (χ3n) is 7.36. The van der Waals surface area contributed by atoms with Crippen LogP contribution in [0.15, 0.2) is 65.9 Å². The predicted molar refractivity (Wildman–Crippen MR) is 142 cm³/mol. The van der Waals surface area contributed by atoms with Crippen LogP contribution in [-0.2, 0) is 29.6 Å². The Morgan fingerprint density at radius 1 is 1.02 bits per heavy atom. The Hall–Kier alpha value is -4.28. The van der Waals surface area contributed by atoms with Crippen molar-refractivity contribution in [2.45, 2.75) is 58.0 Å². The summed E-state index contributed by atoms with van der Waals surface area (Å²) in [7, 11) is 0. The van der Waals surface area contributed by atoms with Gasteiger partial charge in [-0.25, -0.2) is 4.99 Å². The van der Waals surface area contributed by atoms with Gasteiger partial charge in [-0.05, 0) is 42.5 Å². The van der Waals surface area contributed by atoms with Crippen molar-refractivity contribution in [3.8, 4) is 0 Å². The van der Waals surface area contributed by atoms with Gasteiger partial charge in [0.2, 0.25) is 0 Å². The number of carbonyl (C=O) groups is 2. The highest BCUT2D eigenvalue weighted by atomic mass is 19.4. The number of alkyl halides is 3. The van der Waals surface area contributed by atoms with Crippen molar-refractivity contribution in [2.75, 3.05) is 0 Å². The second-order valence-electron chi connectivity index (χ2n) is 10.6. The Kier molecular flexibility index (Phi) is 6.85. The van der Waals surface area contributed by atoms with Crippen molar-refractivity contribution in [1.29, 1.82) is 0 Å². The molecule has 0 unspecified atom stereocenters. The third-order valence-corrected chi connectivity index (χ3v) is 7.36. The first-order chi connectivity index (χ1) is 18.9. The van der Waals surface area contributed by atoms with E-state index in [0.29, 0.717) is 28.9 Å². The number of guanidine groups is 1. The molecule has 11 heteroatoms. The maximum absolute atomic E-state index is 14.0. The molecule has 2 aliphatic heterocycles. The van der Waals surface area contributed by atoms with E-state index < -0.39 is 34.8 Å². The van der Waals surface area contributed by atoms with Crippen molar-refractivity contribution in [3.63, 3.8) is 0 Å². The van der Waals surface area contributed by atoms with Crippen molar-refractivity contribution in [3.05, 3.63) is 94.6 Å². The van der Waals surface area contributed by atoms with Crippen LogP contribution in [0.1, 0.15) is 71.7 Å². The van der Waals surface area contributed by atoms with E-state index in [1.807, 2.05) is 44.2 Å². The van der Waals surface area contributed by atoms with E-state index in [1.165, 1.54) is 34.3 Å². The van der Waals surface area contributed by atoms with E-state index in [1.54, 1.807) is 6.92 Å².